The number of likely N-dealkylation sites (tertiary alicyclic amines) is 1. The van der Waals surface area contributed by atoms with Gasteiger partial charge in [-0.1, -0.05) is 24.3 Å². The van der Waals surface area contributed by atoms with E-state index in [1.54, 1.807) is 0 Å². The van der Waals surface area contributed by atoms with Crippen LogP contribution >= 0.6 is 0 Å². The Morgan fingerprint density at radius 1 is 1.10 bits per heavy atom. The number of aromatic amines is 1. The topological polar surface area (TPSA) is 49.0 Å². The number of H-pyrrole nitrogens is 1. The smallest absolute Gasteiger partial charge is 0.222 e. The number of hydrogen-bond acceptors (Lipinski definition) is 2. The minimum atomic E-state index is -0.216. The molecule has 0 bridgehead atoms. The molecule has 0 saturated carbocycles. The van der Waals surface area contributed by atoms with Gasteiger partial charge < -0.3 is 4.90 Å². The molecule has 5 rings (SSSR count). The van der Waals surface area contributed by atoms with Crippen molar-refractivity contribution < 1.29 is 9.18 Å². The maximum Gasteiger partial charge on any atom is 0.222 e. The molecule has 0 spiro atoms. The number of rotatable bonds is 4. The summed E-state index contributed by atoms with van der Waals surface area (Å²) in [4.78, 5) is 14.3. The van der Waals surface area contributed by atoms with Gasteiger partial charge in [-0.25, -0.2) is 4.39 Å². The number of carbonyl (C=O) groups excluding carboxylic acids is 1. The third kappa shape index (κ3) is 3.78. The van der Waals surface area contributed by atoms with E-state index in [1.807, 2.05) is 12.1 Å². The first-order valence-electron chi connectivity index (χ1n) is 11.2. The predicted octanol–water partition coefficient (Wildman–Crippen LogP) is 4.90. The first-order chi connectivity index (χ1) is 15.0. The molecule has 2 aliphatic rings. The number of fused-ring (bicyclic) bond motifs is 1. The summed E-state index contributed by atoms with van der Waals surface area (Å²) >= 11 is 0. The molecule has 5 heteroatoms. The monoisotopic (exact) mass is 417 g/mol. The molecule has 31 heavy (non-hydrogen) atoms. The molecule has 2 heterocycles. The Hall–Kier alpha value is -2.95. The highest BCUT2D eigenvalue weighted by Crippen LogP contribution is 2.31. The Morgan fingerprint density at radius 3 is 2.52 bits per heavy atom. The fraction of sp³-hybridized carbons (Fsp3) is 0.385. The maximum absolute atomic E-state index is 13.3. The Balaban J connectivity index is 1.40. The van der Waals surface area contributed by atoms with E-state index < -0.39 is 0 Å². The van der Waals surface area contributed by atoms with E-state index in [9.17, 15) is 9.18 Å². The highest BCUT2D eigenvalue weighted by molar-refractivity contribution is 5.78. The average molecular weight is 418 g/mol. The highest BCUT2D eigenvalue weighted by Gasteiger charge is 2.32. The van der Waals surface area contributed by atoms with Crippen molar-refractivity contribution in [3.63, 3.8) is 0 Å². The molecule has 1 N–H and O–H groups in total. The van der Waals surface area contributed by atoms with Gasteiger partial charge in [-0.2, -0.15) is 5.10 Å². The van der Waals surface area contributed by atoms with Gasteiger partial charge in [0, 0.05) is 31.1 Å². The second-order valence-corrected chi connectivity index (χ2v) is 8.99. The fourth-order valence-electron chi connectivity index (χ4n) is 5.26. The molecular formula is C26H28FN3O. The molecule has 3 aromatic rings. The van der Waals surface area contributed by atoms with E-state index in [1.165, 1.54) is 40.1 Å². The van der Waals surface area contributed by atoms with E-state index in [0.717, 1.165) is 55.5 Å². The first-order valence-corrected chi connectivity index (χ1v) is 11.2. The summed E-state index contributed by atoms with van der Waals surface area (Å²) in [5.74, 6) is 0.0910. The van der Waals surface area contributed by atoms with Crippen LogP contribution in [0.25, 0.3) is 11.1 Å². The van der Waals surface area contributed by atoms with Crippen LogP contribution in [-0.4, -0.2) is 33.6 Å². The molecule has 2 aromatic carbocycles. The van der Waals surface area contributed by atoms with Crippen molar-refractivity contribution in [3.05, 3.63) is 75.9 Å². The van der Waals surface area contributed by atoms with Gasteiger partial charge in [-0.05, 0) is 85.0 Å². The molecule has 1 aromatic heterocycles. The Labute approximate surface area is 182 Å². The quantitative estimate of drug-likeness (QED) is 0.656. The zero-order valence-electron chi connectivity index (χ0n) is 18.2. The van der Waals surface area contributed by atoms with Crippen LogP contribution in [0.15, 0.2) is 36.4 Å². The lowest BCUT2D eigenvalue weighted by molar-refractivity contribution is -0.129. The summed E-state index contributed by atoms with van der Waals surface area (Å²) in [6.07, 6.45) is 5.33. The minimum Gasteiger partial charge on any atom is -0.339 e. The molecule has 0 radical (unpaired) electrons. The van der Waals surface area contributed by atoms with Gasteiger partial charge in [0.1, 0.15) is 5.82 Å². The lowest BCUT2D eigenvalue weighted by Crippen LogP contribution is -2.40. The van der Waals surface area contributed by atoms with Crippen molar-refractivity contribution in [1.29, 1.82) is 0 Å². The van der Waals surface area contributed by atoms with Gasteiger partial charge in [-0.3, -0.25) is 9.89 Å². The SMILES string of the molecule is Cc1cc(-c2ccc(F)cc2)cc(C)c1Cc1[nH]nc2c1C[C@H](N1CCCC1=O)CC2. The van der Waals surface area contributed by atoms with Gasteiger partial charge in [0.05, 0.1) is 5.69 Å². The third-order valence-electron chi connectivity index (χ3n) is 6.97. The van der Waals surface area contributed by atoms with Gasteiger partial charge in [0.25, 0.3) is 0 Å². The molecule has 1 aliphatic heterocycles. The summed E-state index contributed by atoms with van der Waals surface area (Å²) in [6, 6.07) is 11.3. The van der Waals surface area contributed by atoms with E-state index in [2.05, 4.69) is 41.1 Å². The van der Waals surface area contributed by atoms with E-state index in [4.69, 9.17) is 0 Å². The average Bonchev–Trinajstić information content (AvgIpc) is 3.36. The summed E-state index contributed by atoms with van der Waals surface area (Å²) in [6.45, 7) is 5.18. The van der Waals surface area contributed by atoms with Crippen LogP contribution < -0.4 is 0 Å². The second kappa shape index (κ2) is 7.95. The van der Waals surface area contributed by atoms with Crippen molar-refractivity contribution in [2.24, 2.45) is 0 Å². The van der Waals surface area contributed by atoms with E-state index in [-0.39, 0.29) is 5.82 Å². The predicted molar refractivity (Wildman–Crippen MR) is 119 cm³/mol. The molecule has 1 amide bonds. The minimum absolute atomic E-state index is 0.216. The Bertz CT molecular complexity index is 1110. The van der Waals surface area contributed by atoms with Gasteiger partial charge in [0.2, 0.25) is 5.91 Å². The van der Waals surface area contributed by atoms with Crippen LogP contribution in [0, 0.1) is 19.7 Å². The van der Waals surface area contributed by atoms with Gasteiger partial charge in [0.15, 0.2) is 0 Å². The molecule has 1 fully saturated rings. The number of aromatic nitrogens is 2. The summed E-state index contributed by atoms with van der Waals surface area (Å²) in [5, 5.41) is 7.90. The number of carbonyl (C=O) groups is 1. The van der Waals surface area contributed by atoms with Crippen LogP contribution in [-0.2, 0) is 24.1 Å². The van der Waals surface area contributed by atoms with Crippen LogP contribution in [0.5, 0.6) is 0 Å². The standard InChI is InChI=1S/C26H28FN3O/c1-16-12-19(18-5-7-20(27)8-6-18)13-17(2)22(16)15-25-23-14-21(9-10-24(23)28-29-25)30-11-3-4-26(30)31/h5-8,12-13,21H,3-4,9-11,14-15H2,1-2H3,(H,28,29)/t21-/m1/s1. The number of amides is 1. The molecule has 1 saturated heterocycles. The number of halogens is 1. The summed E-state index contributed by atoms with van der Waals surface area (Å²) < 4.78 is 13.3. The second-order valence-electron chi connectivity index (χ2n) is 8.99. The van der Waals surface area contributed by atoms with Crippen molar-refractivity contribution in [2.75, 3.05) is 6.54 Å². The van der Waals surface area contributed by atoms with Gasteiger partial charge in [-0.15, -0.1) is 0 Å². The van der Waals surface area contributed by atoms with Crippen molar-refractivity contribution in [2.45, 2.75) is 58.4 Å². The third-order valence-corrected chi connectivity index (χ3v) is 6.97. The summed E-state index contributed by atoms with van der Waals surface area (Å²) in [5.41, 5.74) is 9.53. The Morgan fingerprint density at radius 2 is 1.84 bits per heavy atom. The highest BCUT2D eigenvalue weighted by atomic mass is 19.1. The zero-order chi connectivity index (χ0) is 21.5. The molecule has 1 atom stereocenters. The lowest BCUT2D eigenvalue weighted by Gasteiger charge is -2.31. The molecular weight excluding hydrogens is 389 g/mol. The van der Waals surface area contributed by atoms with Crippen molar-refractivity contribution in [1.82, 2.24) is 15.1 Å². The van der Waals surface area contributed by atoms with Crippen molar-refractivity contribution >= 4 is 5.91 Å². The molecule has 1 aliphatic carbocycles. The molecule has 160 valence electrons. The number of benzene rings is 2. The van der Waals surface area contributed by atoms with Crippen LogP contribution in [0.1, 0.15) is 52.9 Å². The number of hydrogen-bond donors (Lipinski definition) is 1. The van der Waals surface area contributed by atoms with Crippen LogP contribution in [0.4, 0.5) is 4.39 Å². The van der Waals surface area contributed by atoms with Crippen molar-refractivity contribution in [3.8, 4) is 11.1 Å². The Kier molecular flexibility index (Phi) is 5.12. The normalized spacial score (nSPS) is 18.5. The van der Waals surface area contributed by atoms with E-state index in [0.29, 0.717) is 18.4 Å². The van der Waals surface area contributed by atoms with Gasteiger partial charge >= 0.3 is 0 Å². The maximum atomic E-state index is 13.3. The number of nitrogens with one attached hydrogen (secondary N) is 1. The fourth-order valence-corrected chi connectivity index (χ4v) is 5.26. The lowest BCUT2D eigenvalue weighted by atomic mass is 9.87. The number of nitrogens with zero attached hydrogens (tertiary/aromatic N) is 2. The zero-order valence-corrected chi connectivity index (χ0v) is 18.2. The molecule has 0 unspecified atom stereocenters. The van der Waals surface area contributed by atoms with Crippen LogP contribution in [0.2, 0.25) is 0 Å². The summed E-state index contributed by atoms with van der Waals surface area (Å²) in [7, 11) is 0. The largest absolute Gasteiger partial charge is 0.339 e. The number of aryl methyl sites for hydroxylation is 3. The van der Waals surface area contributed by atoms with Crippen LogP contribution in [0.3, 0.4) is 0 Å². The molecule has 4 nitrogen and oxygen atoms in total. The first kappa shape index (κ1) is 20.0. The van der Waals surface area contributed by atoms with E-state index >= 15 is 0 Å².